The standard InChI is InChI=1S/C15H18Si.6CH3.2Sn/c1-15(2)11-7-5-9-13(11)16(3,4)14-10-6-8-12(14)15;;;;;;;;/h5-10H,1-4H3;6*1H3;;. The van der Waals surface area contributed by atoms with Crippen molar-refractivity contribution in [3.05, 3.63) is 45.8 Å². The van der Waals surface area contributed by atoms with Crippen LogP contribution in [0.5, 0.6) is 0 Å². The molecule has 1 fully saturated rings. The van der Waals surface area contributed by atoms with Crippen molar-refractivity contribution >= 4 is 44.8 Å². The molecule has 0 bridgehead atoms. The van der Waals surface area contributed by atoms with E-state index in [1.165, 1.54) is 0 Å². The number of rotatable bonds is 2. The summed E-state index contributed by atoms with van der Waals surface area (Å²) in [5.41, 5.74) is 3.64. The third-order valence-corrected chi connectivity index (χ3v) is 23.5. The van der Waals surface area contributed by atoms with Gasteiger partial charge in [-0.25, -0.2) is 0 Å². The summed E-state index contributed by atoms with van der Waals surface area (Å²) in [6.45, 7) is 10.2. The SMILES string of the molecule is CC1(C)C2=C[CH]([Sn]([CH3])([CH3])[CH3])C=C2[Si](C)(C)C2=C[CH]([Sn]([CH3])([CH3])[CH3])C=C21. The van der Waals surface area contributed by atoms with Gasteiger partial charge in [-0.2, -0.15) is 0 Å². The van der Waals surface area contributed by atoms with Crippen molar-refractivity contribution in [1.82, 2.24) is 0 Å². The fourth-order valence-electron chi connectivity index (χ4n) is 4.64. The predicted molar refractivity (Wildman–Crippen MR) is 118 cm³/mol. The van der Waals surface area contributed by atoms with Gasteiger partial charge < -0.3 is 0 Å². The Morgan fingerprint density at radius 1 is 0.708 bits per heavy atom. The molecule has 0 aromatic carbocycles. The van der Waals surface area contributed by atoms with Crippen LogP contribution in [0.3, 0.4) is 0 Å². The Hall–Kier alpha value is 0.774. The van der Waals surface area contributed by atoms with E-state index in [0.717, 1.165) is 7.87 Å². The first kappa shape index (κ1) is 19.5. The molecule has 3 rings (SSSR count). The molecule has 3 aliphatic rings. The van der Waals surface area contributed by atoms with Gasteiger partial charge in [-0.15, -0.1) is 0 Å². The zero-order chi connectivity index (χ0) is 18.3. The molecular formula is C21H36SiSn2. The van der Waals surface area contributed by atoms with E-state index in [4.69, 9.17) is 0 Å². The van der Waals surface area contributed by atoms with Crippen LogP contribution in [0.25, 0.3) is 0 Å². The molecule has 0 N–H and O–H groups in total. The maximum atomic E-state index is 2.74. The number of hydrogen-bond donors (Lipinski definition) is 0. The average Bonchev–Trinajstić information content (AvgIpc) is 3.02. The summed E-state index contributed by atoms with van der Waals surface area (Å²) in [7, 11) is -1.53. The fourth-order valence-corrected chi connectivity index (χ4v) is 16.8. The van der Waals surface area contributed by atoms with Gasteiger partial charge in [0.2, 0.25) is 0 Å². The fraction of sp³-hybridized carbons (Fsp3) is 0.619. The van der Waals surface area contributed by atoms with E-state index in [-0.39, 0.29) is 5.41 Å². The van der Waals surface area contributed by atoms with E-state index in [0.29, 0.717) is 0 Å². The molecule has 0 saturated carbocycles. The van der Waals surface area contributed by atoms with E-state index in [1.54, 1.807) is 21.5 Å². The van der Waals surface area contributed by atoms with Crippen molar-refractivity contribution in [3.63, 3.8) is 0 Å². The molecule has 0 radical (unpaired) electrons. The van der Waals surface area contributed by atoms with Gasteiger partial charge in [0.15, 0.2) is 0 Å². The Morgan fingerprint density at radius 3 is 1.33 bits per heavy atom. The van der Waals surface area contributed by atoms with E-state index in [2.05, 4.69) is 80.9 Å². The van der Waals surface area contributed by atoms with Crippen molar-refractivity contribution in [2.75, 3.05) is 0 Å². The first-order chi connectivity index (χ1) is 10.7. The molecule has 0 nitrogen and oxygen atoms in total. The van der Waals surface area contributed by atoms with Crippen LogP contribution in [0, 0.1) is 5.41 Å². The summed E-state index contributed by atoms with van der Waals surface area (Å²) < 4.78 is 1.60. The van der Waals surface area contributed by atoms with Gasteiger partial charge in [0.25, 0.3) is 0 Å². The van der Waals surface area contributed by atoms with Crippen molar-refractivity contribution in [2.24, 2.45) is 5.41 Å². The van der Waals surface area contributed by atoms with E-state index >= 15 is 0 Å². The number of fused-ring (bicyclic) bond motifs is 2. The second-order valence-corrected chi connectivity index (χ2v) is 46.5. The van der Waals surface area contributed by atoms with Crippen LogP contribution < -0.4 is 0 Å². The average molecular weight is 554 g/mol. The summed E-state index contributed by atoms with van der Waals surface area (Å²) in [5, 5.41) is 3.58. The zero-order valence-electron chi connectivity index (χ0n) is 17.5. The predicted octanol–water partition coefficient (Wildman–Crippen LogP) is 6.96. The number of hydrogen-bond acceptors (Lipinski definition) is 0. The first-order valence-corrected chi connectivity index (χ1v) is 33.0. The summed E-state index contributed by atoms with van der Waals surface area (Å²) in [6, 6.07) is 0. The van der Waals surface area contributed by atoms with Crippen LogP contribution in [-0.2, 0) is 0 Å². The van der Waals surface area contributed by atoms with Crippen LogP contribution in [0.15, 0.2) is 45.8 Å². The summed E-state index contributed by atoms with van der Waals surface area (Å²) in [4.78, 5) is 15.6. The van der Waals surface area contributed by atoms with Gasteiger partial charge in [-0.3, -0.25) is 0 Å². The minimum atomic E-state index is -1.94. The van der Waals surface area contributed by atoms with Gasteiger partial charge in [-0.1, -0.05) is 0 Å². The monoisotopic (exact) mass is 556 g/mol. The molecule has 1 aliphatic heterocycles. The Kier molecular flexibility index (Phi) is 4.59. The van der Waals surface area contributed by atoms with E-state index in [1.807, 2.05) is 0 Å². The normalized spacial score (nSPS) is 30.9. The number of allylic oxidation sites excluding steroid dienone is 8. The maximum absolute atomic E-state index is 2.74. The molecular weight excluding hydrogens is 518 g/mol. The van der Waals surface area contributed by atoms with Gasteiger partial charge in [0, 0.05) is 0 Å². The first-order valence-electron chi connectivity index (χ1n) is 9.57. The van der Waals surface area contributed by atoms with Crippen LogP contribution in [0.1, 0.15) is 13.8 Å². The van der Waals surface area contributed by atoms with Gasteiger partial charge in [0.1, 0.15) is 0 Å². The Bertz CT molecular complexity index is 597. The molecule has 1 saturated heterocycles. The van der Waals surface area contributed by atoms with Crippen molar-refractivity contribution in [2.45, 2.75) is 64.4 Å². The van der Waals surface area contributed by atoms with Crippen molar-refractivity contribution in [3.8, 4) is 0 Å². The van der Waals surface area contributed by atoms with Crippen molar-refractivity contribution in [1.29, 1.82) is 0 Å². The molecule has 0 spiro atoms. The summed E-state index contributed by atoms with van der Waals surface area (Å²) in [6.07, 6.45) is 10.9. The molecule has 1 heterocycles. The second kappa shape index (κ2) is 5.64. The molecule has 0 amide bonds. The molecule has 24 heavy (non-hydrogen) atoms. The van der Waals surface area contributed by atoms with Crippen molar-refractivity contribution < 1.29 is 0 Å². The van der Waals surface area contributed by atoms with Crippen LogP contribution in [-0.4, -0.2) is 44.8 Å². The molecule has 132 valence electrons. The van der Waals surface area contributed by atoms with Crippen LogP contribution in [0.4, 0.5) is 0 Å². The summed E-state index contributed by atoms with van der Waals surface area (Å²) in [5.74, 6) is 0. The molecule has 0 aromatic heterocycles. The second-order valence-electron chi connectivity index (χ2n) is 11.4. The molecule has 0 aromatic rings. The zero-order valence-corrected chi connectivity index (χ0v) is 24.2. The van der Waals surface area contributed by atoms with Gasteiger partial charge >= 0.3 is 161 Å². The van der Waals surface area contributed by atoms with Crippen LogP contribution in [0.2, 0.25) is 50.6 Å². The summed E-state index contributed by atoms with van der Waals surface area (Å²) >= 11 is -3.88. The molecule has 2 aliphatic carbocycles. The van der Waals surface area contributed by atoms with Gasteiger partial charge in [-0.05, 0) is 0 Å². The minimum absolute atomic E-state index is 0.220. The quantitative estimate of drug-likeness (QED) is 0.324. The Labute approximate surface area is 159 Å². The molecule has 3 heteroatoms. The third-order valence-electron chi connectivity index (χ3n) is 6.66. The Balaban J connectivity index is 2.18. The Morgan fingerprint density at radius 2 is 1.04 bits per heavy atom. The third kappa shape index (κ3) is 2.92. The van der Waals surface area contributed by atoms with Crippen LogP contribution >= 0.6 is 0 Å². The van der Waals surface area contributed by atoms with E-state index < -0.39 is 44.8 Å². The van der Waals surface area contributed by atoms with Gasteiger partial charge in [0.05, 0.1) is 0 Å². The van der Waals surface area contributed by atoms with E-state index in [9.17, 15) is 0 Å². The molecule has 2 atom stereocenters. The topological polar surface area (TPSA) is 0 Å². The molecule has 2 unspecified atom stereocenters.